The Kier molecular flexibility index (Phi) is 6.36. The molecule has 27 heavy (non-hydrogen) atoms. The standard InChI is InChI=1S/C22H22FNO3/c1-2-3-4-5-13-26-19-11-9-16(10-12-19)14-20-22(25)27-21(24-20)17-7-6-8-18(23)15-17/h6-12,14-15H,2-5,13H2,1H3/b20-14+. The van der Waals surface area contributed by atoms with Gasteiger partial charge in [-0.15, -0.1) is 0 Å². The first kappa shape index (κ1) is 18.8. The van der Waals surface area contributed by atoms with Crippen molar-refractivity contribution in [2.45, 2.75) is 32.6 Å². The number of aliphatic imine (C=N–C) groups is 1. The molecular weight excluding hydrogens is 345 g/mol. The van der Waals surface area contributed by atoms with Gasteiger partial charge in [-0.05, 0) is 48.4 Å². The van der Waals surface area contributed by atoms with Crippen molar-refractivity contribution in [3.05, 3.63) is 71.2 Å². The average Bonchev–Trinajstić information content (AvgIpc) is 3.03. The zero-order valence-electron chi connectivity index (χ0n) is 15.3. The molecule has 0 saturated heterocycles. The maximum absolute atomic E-state index is 13.3. The summed E-state index contributed by atoms with van der Waals surface area (Å²) in [6.45, 7) is 2.88. The van der Waals surface area contributed by atoms with E-state index in [0.29, 0.717) is 12.2 Å². The Morgan fingerprint density at radius 2 is 1.93 bits per heavy atom. The molecule has 0 N–H and O–H groups in total. The first-order valence-corrected chi connectivity index (χ1v) is 9.17. The maximum Gasteiger partial charge on any atom is 0.363 e. The van der Waals surface area contributed by atoms with Crippen LogP contribution in [-0.4, -0.2) is 18.5 Å². The number of esters is 1. The molecule has 0 amide bonds. The topological polar surface area (TPSA) is 47.9 Å². The van der Waals surface area contributed by atoms with Crippen LogP contribution in [0.2, 0.25) is 0 Å². The lowest BCUT2D eigenvalue weighted by Crippen LogP contribution is -2.05. The highest BCUT2D eigenvalue weighted by molar-refractivity contribution is 6.12. The molecule has 1 aliphatic rings. The normalized spacial score (nSPS) is 15.0. The SMILES string of the molecule is CCCCCCOc1ccc(/C=C2/N=C(c3cccc(F)c3)OC2=O)cc1. The van der Waals surface area contributed by atoms with Crippen LogP contribution in [-0.2, 0) is 9.53 Å². The second-order valence-corrected chi connectivity index (χ2v) is 6.32. The molecule has 0 aromatic heterocycles. The van der Waals surface area contributed by atoms with Gasteiger partial charge in [-0.1, -0.05) is 44.4 Å². The highest BCUT2D eigenvalue weighted by Gasteiger charge is 2.24. The molecule has 3 rings (SSSR count). The van der Waals surface area contributed by atoms with E-state index in [1.165, 1.54) is 31.4 Å². The van der Waals surface area contributed by atoms with E-state index in [9.17, 15) is 9.18 Å². The third-order valence-electron chi connectivity index (χ3n) is 4.14. The molecule has 0 saturated carbocycles. The van der Waals surface area contributed by atoms with E-state index in [0.717, 1.165) is 17.7 Å². The van der Waals surface area contributed by atoms with Crippen LogP contribution < -0.4 is 4.74 Å². The summed E-state index contributed by atoms with van der Waals surface area (Å²) < 4.78 is 24.2. The van der Waals surface area contributed by atoms with Gasteiger partial charge >= 0.3 is 5.97 Å². The van der Waals surface area contributed by atoms with Crippen LogP contribution in [0.4, 0.5) is 4.39 Å². The van der Waals surface area contributed by atoms with Crippen molar-refractivity contribution in [3.8, 4) is 5.75 Å². The molecule has 0 unspecified atom stereocenters. The first-order chi connectivity index (χ1) is 13.2. The van der Waals surface area contributed by atoms with Gasteiger partial charge in [0.15, 0.2) is 5.70 Å². The monoisotopic (exact) mass is 367 g/mol. The zero-order valence-corrected chi connectivity index (χ0v) is 15.3. The minimum atomic E-state index is -0.550. The van der Waals surface area contributed by atoms with Gasteiger partial charge in [0.25, 0.3) is 0 Å². The number of hydrogen-bond acceptors (Lipinski definition) is 4. The number of carbonyl (C=O) groups is 1. The van der Waals surface area contributed by atoms with Crippen LogP contribution >= 0.6 is 0 Å². The van der Waals surface area contributed by atoms with Gasteiger partial charge in [-0.25, -0.2) is 14.2 Å². The summed E-state index contributed by atoms with van der Waals surface area (Å²) in [6.07, 6.45) is 6.29. The minimum absolute atomic E-state index is 0.109. The largest absolute Gasteiger partial charge is 0.494 e. The van der Waals surface area contributed by atoms with Gasteiger partial charge in [0.05, 0.1) is 6.61 Å². The fourth-order valence-electron chi connectivity index (χ4n) is 2.69. The van der Waals surface area contributed by atoms with E-state index in [2.05, 4.69) is 11.9 Å². The molecule has 1 aliphatic heterocycles. The smallest absolute Gasteiger partial charge is 0.363 e. The number of nitrogens with zero attached hydrogens (tertiary/aromatic N) is 1. The van der Waals surface area contributed by atoms with E-state index in [4.69, 9.17) is 9.47 Å². The Bertz CT molecular complexity index is 856. The van der Waals surface area contributed by atoms with E-state index >= 15 is 0 Å². The molecule has 0 atom stereocenters. The minimum Gasteiger partial charge on any atom is -0.494 e. The molecule has 2 aromatic carbocycles. The molecule has 0 bridgehead atoms. The lowest BCUT2D eigenvalue weighted by Gasteiger charge is -2.06. The fraction of sp³-hybridized carbons (Fsp3) is 0.273. The van der Waals surface area contributed by atoms with Crippen LogP contribution in [0, 0.1) is 5.82 Å². The summed E-state index contributed by atoms with van der Waals surface area (Å²) in [5.74, 6) is -0.0520. The summed E-state index contributed by atoms with van der Waals surface area (Å²) >= 11 is 0. The molecule has 2 aromatic rings. The number of hydrogen-bond donors (Lipinski definition) is 0. The molecule has 140 valence electrons. The summed E-state index contributed by atoms with van der Waals surface area (Å²) in [6, 6.07) is 13.2. The summed E-state index contributed by atoms with van der Waals surface area (Å²) in [7, 11) is 0. The Morgan fingerprint density at radius 3 is 2.67 bits per heavy atom. The Balaban J connectivity index is 1.64. The number of cyclic esters (lactones) is 1. The second-order valence-electron chi connectivity index (χ2n) is 6.32. The van der Waals surface area contributed by atoms with Gasteiger partial charge in [-0.3, -0.25) is 0 Å². The highest BCUT2D eigenvalue weighted by atomic mass is 19.1. The van der Waals surface area contributed by atoms with Crippen LogP contribution in [0.3, 0.4) is 0 Å². The lowest BCUT2D eigenvalue weighted by molar-refractivity contribution is -0.129. The third-order valence-corrected chi connectivity index (χ3v) is 4.14. The van der Waals surface area contributed by atoms with Gasteiger partial charge in [0.1, 0.15) is 11.6 Å². The molecule has 4 nitrogen and oxygen atoms in total. The molecule has 0 fully saturated rings. The average molecular weight is 367 g/mol. The van der Waals surface area contributed by atoms with Gasteiger partial charge in [0.2, 0.25) is 5.90 Å². The molecule has 1 heterocycles. The van der Waals surface area contributed by atoms with Crippen molar-refractivity contribution in [1.82, 2.24) is 0 Å². The predicted octanol–water partition coefficient (Wildman–Crippen LogP) is 5.13. The fourth-order valence-corrected chi connectivity index (χ4v) is 2.69. The summed E-state index contributed by atoms with van der Waals surface area (Å²) in [5, 5.41) is 0. The number of rotatable bonds is 8. The lowest BCUT2D eigenvalue weighted by atomic mass is 10.2. The maximum atomic E-state index is 13.3. The van der Waals surface area contributed by atoms with Crippen LogP contribution in [0.25, 0.3) is 6.08 Å². The third kappa shape index (κ3) is 5.26. The number of halogens is 1. The highest BCUT2D eigenvalue weighted by Crippen LogP contribution is 2.21. The van der Waals surface area contributed by atoms with Gasteiger partial charge in [-0.2, -0.15) is 0 Å². The number of unbranched alkanes of at least 4 members (excludes halogenated alkanes) is 3. The second kappa shape index (κ2) is 9.12. The van der Waals surface area contributed by atoms with Crippen molar-refractivity contribution in [2.24, 2.45) is 4.99 Å². The van der Waals surface area contributed by atoms with E-state index < -0.39 is 11.8 Å². The molecule has 0 spiro atoms. The van der Waals surface area contributed by atoms with Crippen molar-refractivity contribution in [3.63, 3.8) is 0 Å². The summed E-state index contributed by atoms with van der Waals surface area (Å²) in [5.41, 5.74) is 1.42. The Hall–Kier alpha value is -2.95. The number of carbonyl (C=O) groups excluding carboxylic acids is 1. The van der Waals surface area contributed by atoms with Crippen LogP contribution in [0.15, 0.2) is 59.2 Å². The van der Waals surface area contributed by atoms with Crippen LogP contribution in [0.5, 0.6) is 5.75 Å². The predicted molar refractivity (Wildman–Crippen MR) is 103 cm³/mol. The quantitative estimate of drug-likeness (QED) is 0.369. The van der Waals surface area contributed by atoms with Crippen molar-refractivity contribution in [1.29, 1.82) is 0 Å². The number of ether oxygens (including phenoxy) is 2. The first-order valence-electron chi connectivity index (χ1n) is 9.17. The van der Waals surface area contributed by atoms with Gasteiger partial charge < -0.3 is 9.47 Å². The Morgan fingerprint density at radius 1 is 1.11 bits per heavy atom. The molecule has 0 radical (unpaired) electrons. The zero-order chi connectivity index (χ0) is 19.1. The van der Waals surface area contributed by atoms with E-state index in [-0.39, 0.29) is 11.6 Å². The molecular formula is C22H22FNO3. The van der Waals surface area contributed by atoms with E-state index in [1.807, 2.05) is 24.3 Å². The van der Waals surface area contributed by atoms with Crippen molar-refractivity contribution >= 4 is 17.9 Å². The van der Waals surface area contributed by atoms with Gasteiger partial charge in [0, 0.05) is 5.56 Å². The number of benzene rings is 2. The van der Waals surface area contributed by atoms with Crippen molar-refractivity contribution < 1.29 is 18.7 Å². The molecule has 0 aliphatic carbocycles. The Labute approximate surface area is 158 Å². The molecule has 5 heteroatoms. The summed E-state index contributed by atoms with van der Waals surface area (Å²) in [4.78, 5) is 16.2. The van der Waals surface area contributed by atoms with Crippen LogP contribution in [0.1, 0.15) is 43.7 Å². The van der Waals surface area contributed by atoms with E-state index in [1.54, 1.807) is 18.2 Å². The van der Waals surface area contributed by atoms with Crippen molar-refractivity contribution in [2.75, 3.05) is 6.61 Å².